The lowest BCUT2D eigenvalue weighted by atomic mass is 10.1. The molecule has 6 heteroatoms. The van der Waals surface area contributed by atoms with Crippen molar-refractivity contribution in [3.63, 3.8) is 0 Å². The highest BCUT2D eigenvalue weighted by molar-refractivity contribution is 7.80. The molecule has 0 atom stereocenters. The van der Waals surface area contributed by atoms with Crippen LogP contribution >= 0.6 is 12.2 Å². The molecule has 0 aliphatic rings. The molecule has 1 rings (SSSR count). The van der Waals surface area contributed by atoms with E-state index in [1.165, 1.54) is 0 Å². The third-order valence-corrected chi connectivity index (χ3v) is 3.19. The van der Waals surface area contributed by atoms with E-state index in [0.717, 1.165) is 17.7 Å². The highest BCUT2D eigenvalue weighted by Crippen LogP contribution is 2.21. The van der Waals surface area contributed by atoms with Gasteiger partial charge in [-0.3, -0.25) is 4.90 Å². The molecular formula is C14H22N2O3S. The first-order chi connectivity index (χ1) is 9.62. The number of rotatable bonds is 9. The molecule has 0 unspecified atom stereocenters. The zero-order chi connectivity index (χ0) is 15.0. The van der Waals surface area contributed by atoms with E-state index in [-0.39, 0.29) is 6.61 Å². The van der Waals surface area contributed by atoms with Crippen molar-refractivity contribution >= 4 is 17.2 Å². The molecule has 20 heavy (non-hydrogen) atoms. The van der Waals surface area contributed by atoms with Crippen LogP contribution in [0.2, 0.25) is 0 Å². The number of ether oxygens (including phenoxy) is 2. The van der Waals surface area contributed by atoms with Crippen LogP contribution in [0.15, 0.2) is 18.2 Å². The number of nitrogens with zero attached hydrogens (tertiary/aromatic N) is 1. The van der Waals surface area contributed by atoms with Crippen LogP contribution in [0.5, 0.6) is 5.75 Å². The molecule has 0 bridgehead atoms. The minimum atomic E-state index is 0.117. The molecule has 0 amide bonds. The fraction of sp³-hybridized carbons (Fsp3) is 0.500. The van der Waals surface area contributed by atoms with Crippen LogP contribution in [0.3, 0.4) is 0 Å². The van der Waals surface area contributed by atoms with Gasteiger partial charge in [0, 0.05) is 26.7 Å². The monoisotopic (exact) mass is 298 g/mol. The van der Waals surface area contributed by atoms with E-state index in [9.17, 15) is 0 Å². The maximum atomic E-state index is 9.09. The highest BCUT2D eigenvalue weighted by atomic mass is 32.1. The standard InChI is InChI=1S/C14H22N2O3S/c1-18-8-6-16(5-7-17)10-11-3-4-12(14(15)20)13(9-11)19-2/h3-4,9,17H,5-8,10H2,1-2H3,(H2,15,20). The average Bonchev–Trinajstić information content (AvgIpc) is 2.44. The van der Waals surface area contributed by atoms with Crippen LogP contribution in [-0.2, 0) is 11.3 Å². The summed E-state index contributed by atoms with van der Waals surface area (Å²) in [4.78, 5) is 2.43. The quantitative estimate of drug-likeness (QED) is 0.656. The molecule has 3 N–H and O–H groups in total. The zero-order valence-electron chi connectivity index (χ0n) is 12.0. The van der Waals surface area contributed by atoms with Gasteiger partial charge in [0.25, 0.3) is 0 Å². The Kier molecular flexibility index (Phi) is 7.46. The largest absolute Gasteiger partial charge is 0.496 e. The SMILES string of the molecule is COCCN(CCO)Cc1ccc(C(N)=S)c(OC)c1. The molecule has 112 valence electrons. The number of hydrogen-bond donors (Lipinski definition) is 2. The zero-order valence-corrected chi connectivity index (χ0v) is 12.8. The second-order valence-corrected chi connectivity index (χ2v) is 4.83. The van der Waals surface area contributed by atoms with Crippen molar-refractivity contribution in [3.8, 4) is 5.75 Å². The smallest absolute Gasteiger partial charge is 0.129 e. The summed E-state index contributed by atoms with van der Waals surface area (Å²) in [6.45, 7) is 2.81. The Morgan fingerprint density at radius 3 is 2.65 bits per heavy atom. The van der Waals surface area contributed by atoms with Gasteiger partial charge in [0.05, 0.1) is 25.9 Å². The van der Waals surface area contributed by atoms with E-state index in [4.69, 9.17) is 32.5 Å². The van der Waals surface area contributed by atoms with E-state index >= 15 is 0 Å². The van der Waals surface area contributed by atoms with Crippen LogP contribution in [-0.4, -0.2) is 55.5 Å². The number of nitrogens with two attached hydrogens (primary N) is 1. The Hall–Kier alpha value is -1.21. The van der Waals surface area contributed by atoms with Gasteiger partial charge < -0.3 is 20.3 Å². The van der Waals surface area contributed by atoms with Crippen molar-refractivity contribution < 1.29 is 14.6 Å². The number of hydrogen-bond acceptors (Lipinski definition) is 5. The van der Waals surface area contributed by atoms with Gasteiger partial charge in [-0.05, 0) is 17.7 Å². The molecular weight excluding hydrogens is 276 g/mol. The number of aliphatic hydroxyl groups is 1. The maximum absolute atomic E-state index is 9.09. The molecule has 0 aliphatic carbocycles. The molecule has 0 heterocycles. The Balaban J connectivity index is 2.81. The molecule has 0 saturated carbocycles. The maximum Gasteiger partial charge on any atom is 0.129 e. The number of benzene rings is 1. The third kappa shape index (κ3) is 5.05. The lowest BCUT2D eigenvalue weighted by Crippen LogP contribution is -2.29. The summed E-state index contributed by atoms with van der Waals surface area (Å²) in [5.41, 5.74) is 7.45. The predicted octanol–water partition coefficient (Wildman–Crippen LogP) is 0.770. The minimum absolute atomic E-state index is 0.117. The van der Waals surface area contributed by atoms with Gasteiger partial charge in [-0.1, -0.05) is 18.3 Å². The molecule has 1 aromatic rings. The molecule has 5 nitrogen and oxygen atoms in total. The third-order valence-electron chi connectivity index (χ3n) is 2.97. The van der Waals surface area contributed by atoms with E-state index < -0.39 is 0 Å². The van der Waals surface area contributed by atoms with Crippen molar-refractivity contribution in [2.75, 3.05) is 40.5 Å². The van der Waals surface area contributed by atoms with Crippen LogP contribution < -0.4 is 10.5 Å². The summed E-state index contributed by atoms with van der Waals surface area (Å²) in [6, 6.07) is 5.75. The summed E-state index contributed by atoms with van der Waals surface area (Å²) >= 11 is 4.98. The highest BCUT2D eigenvalue weighted by Gasteiger charge is 2.10. The van der Waals surface area contributed by atoms with Gasteiger partial charge in [0.15, 0.2) is 0 Å². The van der Waals surface area contributed by atoms with Crippen molar-refractivity contribution in [1.29, 1.82) is 0 Å². The number of thiocarbonyl (C=S) groups is 1. The van der Waals surface area contributed by atoms with E-state index in [1.54, 1.807) is 14.2 Å². The summed E-state index contributed by atoms with van der Waals surface area (Å²) in [6.07, 6.45) is 0. The van der Waals surface area contributed by atoms with Crippen molar-refractivity contribution in [3.05, 3.63) is 29.3 Å². The molecule has 0 radical (unpaired) electrons. The molecule has 0 aliphatic heterocycles. The van der Waals surface area contributed by atoms with Crippen LogP contribution in [0.1, 0.15) is 11.1 Å². The van der Waals surface area contributed by atoms with Crippen LogP contribution in [0, 0.1) is 0 Å². The van der Waals surface area contributed by atoms with Crippen LogP contribution in [0.4, 0.5) is 0 Å². The van der Waals surface area contributed by atoms with Crippen molar-refractivity contribution in [2.24, 2.45) is 5.73 Å². The van der Waals surface area contributed by atoms with E-state index in [1.807, 2.05) is 18.2 Å². The Morgan fingerprint density at radius 2 is 2.10 bits per heavy atom. The predicted molar refractivity (Wildman–Crippen MR) is 83.1 cm³/mol. The van der Waals surface area contributed by atoms with E-state index in [2.05, 4.69) is 4.90 Å². The number of methoxy groups -OCH3 is 2. The van der Waals surface area contributed by atoms with Gasteiger partial charge >= 0.3 is 0 Å². The summed E-state index contributed by atoms with van der Waals surface area (Å²) in [7, 11) is 3.26. The van der Waals surface area contributed by atoms with Gasteiger partial charge in [-0.15, -0.1) is 0 Å². The van der Waals surface area contributed by atoms with Crippen molar-refractivity contribution in [2.45, 2.75) is 6.54 Å². The second-order valence-electron chi connectivity index (χ2n) is 4.39. The summed E-state index contributed by atoms with van der Waals surface area (Å²) < 4.78 is 10.4. The van der Waals surface area contributed by atoms with E-state index in [0.29, 0.717) is 30.4 Å². The summed E-state index contributed by atoms with van der Waals surface area (Å²) in [5.74, 6) is 0.672. The minimum Gasteiger partial charge on any atom is -0.496 e. The first-order valence-corrected chi connectivity index (χ1v) is 6.82. The normalized spacial score (nSPS) is 10.8. The lowest BCUT2D eigenvalue weighted by Gasteiger charge is -2.21. The molecule has 1 aromatic carbocycles. The molecule has 0 fully saturated rings. The van der Waals surface area contributed by atoms with Gasteiger partial charge in [-0.2, -0.15) is 0 Å². The topological polar surface area (TPSA) is 68.0 Å². The van der Waals surface area contributed by atoms with Crippen molar-refractivity contribution in [1.82, 2.24) is 4.90 Å². The lowest BCUT2D eigenvalue weighted by molar-refractivity contribution is 0.127. The number of aliphatic hydroxyl groups excluding tert-OH is 1. The van der Waals surface area contributed by atoms with Crippen LogP contribution in [0.25, 0.3) is 0 Å². The van der Waals surface area contributed by atoms with Gasteiger partial charge in [0.2, 0.25) is 0 Å². The molecule has 0 saturated heterocycles. The fourth-order valence-electron chi connectivity index (χ4n) is 1.93. The summed E-state index contributed by atoms with van der Waals surface area (Å²) in [5, 5.41) is 9.09. The molecule has 0 spiro atoms. The Labute approximate surface area is 125 Å². The average molecular weight is 298 g/mol. The fourth-order valence-corrected chi connectivity index (χ4v) is 2.10. The Bertz CT molecular complexity index is 440. The first-order valence-electron chi connectivity index (χ1n) is 6.41. The molecule has 0 aromatic heterocycles. The first kappa shape index (κ1) is 16.8. The van der Waals surface area contributed by atoms with Gasteiger partial charge in [-0.25, -0.2) is 0 Å². The second kappa shape index (κ2) is 8.86. The Morgan fingerprint density at radius 1 is 1.35 bits per heavy atom. The van der Waals surface area contributed by atoms with Gasteiger partial charge in [0.1, 0.15) is 10.7 Å².